The highest BCUT2D eigenvalue weighted by Gasteiger charge is 2.12. The molecule has 2 unspecified atom stereocenters. The second-order valence-electron chi connectivity index (χ2n) is 5.97. The average Bonchev–Trinajstić information content (AvgIpc) is 2.44. The van der Waals surface area contributed by atoms with Crippen LogP contribution in [0.5, 0.6) is 0 Å². The van der Waals surface area contributed by atoms with Crippen LogP contribution in [0.25, 0.3) is 0 Å². The Hall–Kier alpha value is -1.69. The normalized spacial score (nSPS) is 15.9. The highest BCUT2D eigenvalue weighted by molar-refractivity contribution is 5.87. The Bertz CT molecular complexity index is 442. The fourth-order valence-electron chi connectivity index (χ4n) is 1.46. The largest absolute Gasteiger partial charge is 0.389 e. The van der Waals surface area contributed by atoms with E-state index in [9.17, 15) is 15.0 Å². The molecule has 1 amide bonds. The molecule has 0 aliphatic heterocycles. The second-order valence-corrected chi connectivity index (χ2v) is 5.97. The number of nitrogens with one attached hydrogen (secondary N) is 1. The van der Waals surface area contributed by atoms with E-state index in [0.29, 0.717) is 12.8 Å². The fraction of sp³-hybridized carbons (Fsp3) is 0.500. The molecule has 2 atom stereocenters. The number of carbonyl (C=O) groups excluding carboxylic acids is 1. The zero-order valence-electron chi connectivity index (χ0n) is 14.1. The average molecular weight is 323 g/mol. The molecule has 0 bridgehead atoms. The minimum Gasteiger partial charge on any atom is -0.389 e. The van der Waals surface area contributed by atoms with E-state index in [0.717, 1.165) is 0 Å². The molecule has 0 rings (SSSR count). The van der Waals surface area contributed by atoms with Gasteiger partial charge in [-0.3, -0.25) is 4.79 Å². The van der Waals surface area contributed by atoms with Crippen LogP contribution in [0.15, 0.2) is 48.6 Å². The lowest BCUT2D eigenvalue weighted by molar-refractivity contribution is -0.117. The molecule has 0 aliphatic rings. The van der Waals surface area contributed by atoms with Crippen LogP contribution in [0, 0.1) is 0 Å². The van der Waals surface area contributed by atoms with E-state index in [1.54, 1.807) is 51.2 Å². The summed E-state index contributed by atoms with van der Waals surface area (Å²) in [5, 5.41) is 30.8. The Labute approximate surface area is 138 Å². The molecule has 0 radical (unpaired) electrons. The van der Waals surface area contributed by atoms with E-state index < -0.39 is 17.8 Å². The molecule has 0 spiro atoms. The van der Waals surface area contributed by atoms with Crippen molar-refractivity contribution < 1.29 is 20.1 Å². The highest BCUT2D eigenvalue weighted by Crippen LogP contribution is 2.01. The maximum Gasteiger partial charge on any atom is 0.244 e. The predicted molar refractivity (Wildman–Crippen MR) is 92.8 cm³/mol. The van der Waals surface area contributed by atoms with Gasteiger partial charge in [-0.05, 0) is 33.6 Å². The van der Waals surface area contributed by atoms with Crippen molar-refractivity contribution in [1.82, 2.24) is 5.32 Å². The molecule has 5 nitrogen and oxygen atoms in total. The molecular formula is C18H29NO4. The predicted octanol–water partition coefficient (Wildman–Crippen LogP) is 1.62. The summed E-state index contributed by atoms with van der Waals surface area (Å²) in [5.41, 5.74) is -0.937. The first kappa shape index (κ1) is 21.3. The monoisotopic (exact) mass is 323 g/mol. The van der Waals surface area contributed by atoms with Gasteiger partial charge in [-0.1, -0.05) is 42.5 Å². The fourth-order valence-corrected chi connectivity index (χ4v) is 1.46. The first-order valence-electron chi connectivity index (χ1n) is 7.75. The lowest BCUT2D eigenvalue weighted by atomic mass is 10.1. The zero-order valence-corrected chi connectivity index (χ0v) is 14.1. The van der Waals surface area contributed by atoms with Crippen molar-refractivity contribution in [3.8, 4) is 0 Å². The number of allylic oxidation sites excluding steroid dienone is 5. The SMILES string of the molecule is CC(O)/C=C/C=C/CCC(O)/C=C/C=C/C(=O)NCC(C)(C)O. The smallest absolute Gasteiger partial charge is 0.244 e. The van der Waals surface area contributed by atoms with Crippen molar-refractivity contribution >= 4 is 5.91 Å². The minimum atomic E-state index is -0.937. The molecule has 0 heterocycles. The van der Waals surface area contributed by atoms with Gasteiger partial charge in [0.05, 0.1) is 17.8 Å². The van der Waals surface area contributed by atoms with E-state index >= 15 is 0 Å². The molecule has 0 fully saturated rings. The Morgan fingerprint density at radius 2 is 1.78 bits per heavy atom. The summed E-state index contributed by atoms with van der Waals surface area (Å²) in [6, 6.07) is 0. The van der Waals surface area contributed by atoms with Crippen molar-refractivity contribution in [2.45, 2.75) is 51.4 Å². The van der Waals surface area contributed by atoms with Crippen LogP contribution in [-0.4, -0.2) is 45.6 Å². The maximum atomic E-state index is 11.4. The number of rotatable bonds is 10. The highest BCUT2D eigenvalue weighted by atomic mass is 16.3. The summed E-state index contributed by atoms with van der Waals surface area (Å²) in [5.74, 6) is -0.293. The Morgan fingerprint density at radius 1 is 1.13 bits per heavy atom. The Morgan fingerprint density at radius 3 is 2.39 bits per heavy atom. The molecule has 0 aromatic rings. The molecule has 130 valence electrons. The van der Waals surface area contributed by atoms with Gasteiger partial charge in [0.25, 0.3) is 0 Å². The number of carbonyl (C=O) groups is 1. The van der Waals surface area contributed by atoms with E-state index in [-0.39, 0.29) is 12.5 Å². The number of amides is 1. The van der Waals surface area contributed by atoms with Gasteiger partial charge in [-0.25, -0.2) is 0 Å². The van der Waals surface area contributed by atoms with Crippen LogP contribution in [0.4, 0.5) is 0 Å². The van der Waals surface area contributed by atoms with Crippen molar-refractivity contribution in [1.29, 1.82) is 0 Å². The van der Waals surface area contributed by atoms with Crippen molar-refractivity contribution in [2.24, 2.45) is 0 Å². The van der Waals surface area contributed by atoms with E-state index in [4.69, 9.17) is 5.11 Å². The van der Waals surface area contributed by atoms with Gasteiger partial charge in [0, 0.05) is 12.6 Å². The lowest BCUT2D eigenvalue weighted by Crippen LogP contribution is -2.37. The van der Waals surface area contributed by atoms with E-state index in [1.807, 2.05) is 12.2 Å². The van der Waals surface area contributed by atoms with E-state index in [1.165, 1.54) is 6.08 Å². The van der Waals surface area contributed by atoms with Crippen molar-refractivity contribution in [2.75, 3.05) is 6.54 Å². The van der Waals surface area contributed by atoms with Crippen LogP contribution in [0.3, 0.4) is 0 Å². The summed E-state index contributed by atoms with van der Waals surface area (Å²) in [4.78, 5) is 11.4. The van der Waals surface area contributed by atoms with Crippen LogP contribution in [0.1, 0.15) is 33.6 Å². The van der Waals surface area contributed by atoms with Crippen molar-refractivity contribution in [3.63, 3.8) is 0 Å². The third-order valence-electron chi connectivity index (χ3n) is 2.65. The van der Waals surface area contributed by atoms with Crippen LogP contribution in [-0.2, 0) is 4.79 Å². The van der Waals surface area contributed by atoms with E-state index in [2.05, 4.69) is 5.32 Å². The molecule has 0 aromatic heterocycles. The first-order chi connectivity index (χ1) is 10.7. The first-order valence-corrected chi connectivity index (χ1v) is 7.75. The van der Waals surface area contributed by atoms with Crippen LogP contribution >= 0.6 is 0 Å². The molecule has 23 heavy (non-hydrogen) atoms. The lowest BCUT2D eigenvalue weighted by Gasteiger charge is -2.16. The summed E-state index contributed by atoms with van der Waals surface area (Å²) in [7, 11) is 0. The van der Waals surface area contributed by atoms with Gasteiger partial charge < -0.3 is 20.6 Å². The third-order valence-corrected chi connectivity index (χ3v) is 2.65. The van der Waals surface area contributed by atoms with Gasteiger partial charge in [0.1, 0.15) is 0 Å². The Kier molecular flexibility index (Phi) is 11.0. The van der Waals surface area contributed by atoms with Crippen LogP contribution < -0.4 is 5.32 Å². The van der Waals surface area contributed by atoms with Gasteiger partial charge in [-0.15, -0.1) is 0 Å². The third kappa shape index (κ3) is 16.5. The van der Waals surface area contributed by atoms with Crippen molar-refractivity contribution in [3.05, 3.63) is 48.6 Å². The molecular weight excluding hydrogens is 294 g/mol. The second kappa shape index (κ2) is 11.8. The van der Waals surface area contributed by atoms with Gasteiger partial charge in [0.15, 0.2) is 0 Å². The number of hydrogen-bond donors (Lipinski definition) is 4. The summed E-state index contributed by atoms with van der Waals surface area (Å²) >= 11 is 0. The molecule has 0 saturated carbocycles. The Balaban J connectivity index is 3.93. The molecule has 4 N–H and O–H groups in total. The van der Waals surface area contributed by atoms with Gasteiger partial charge in [0.2, 0.25) is 5.91 Å². The van der Waals surface area contributed by atoms with Gasteiger partial charge >= 0.3 is 0 Å². The van der Waals surface area contributed by atoms with Gasteiger partial charge in [-0.2, -0.15) is 0 Å². The summed E-state index contributed by atoms with van der Waals surface area (Å²) in [6.07, 6.45) is 13.5. The minimum absolute atomic E-state index is 0.179. The number of aliphatic hydroxyl groups is 3. The quantitative estimate of drug-likeness (QED) is 0.363. The number of hydrogen-bond acceptors (Lipinski definition) is 4. The standard InChI is InChI=1S/C18H29NO4/c1-15(20)10-6-4-5-7-11-16(21)12-8-9-13-17(22)19-14-18(2,3)23/h4-6,8-10,12-13,15-16,20-21,23H,7,11,14H2,1-3H3,(H,19,22)/b5-4+,10-6+,12-8+,13-9+. The summed E-state index contributed by atoms with van der Waals surface area (Å²) in [6.45, 7) is 5.08. The summed E-state index contributed by atoms with van der Waals surface area (Å²) < 4.78 is 0. The van der Waals surface area contributed by atoms with Crippen LogP contribution in [0.2, 0.25) is 0 Å². The maximum absolute atomic E-state index is 11.4. The molecule has 0 aromatic carbocycles. The molecule has 0 saturated heterocycles. The zero-order chi connectivity index (χ0) is 17.7. The molecule has 5 heteroatoms. The molecule has 0 aliphatic carbocycles. The number of aliphatic hydroxyl groups excluding tert-OH is 2. The topological polar surface area (TPSA) is 89.8 Å².